The van der Waals surface area contributed by atoms with Gasteiger partial charge in [0.15, 0.2) is 5.96 Å². The van der Waals surface area contributed by atoms with Gasteiger partial charge in [0.25, 0.3) is 0 Å². The maximum atomic E-state index is 12.1. The Morgan fingerprint density at radius 2 is 2.14 bits per heavy atom. The SMILES string of the molecule is CCS(=O)(=O)N1CCCC([C@]2(C)CC(=O)N(C)C(=N)N2)C1. The highest BCUT2D eigenvalue weighted by Crippen LogP contribution is 2.33. The summed E-state index contributed by atoms with van der Waals surface area (Å²) in [5, 5.41) is 11.0. The Labute approximate surface area is 126 Å². The van der Waals surface area contributed by atoms with Gasteiger partial charge in [-0.1, -0.05) is 0 Å². The van der Waals surface area contributed by atoms with Gasteiger partial charge in [-0.05, 0) is 32.6 Å². The molecule has 2 aliphatic heterocycles. The van der Waals surface area contributed by atoms with Crippen molar-refractivity contribution < 1.29 is 13.2 Å². The molecule has 2 aliphatic rings. The molecule has 7 nitrogen and oxygen atoms in total. The van der Waals surface area contributed by atoms with Gasteiger partial charge in [0, 0.05) is 20.1 Å². The Kier molecular flexibility index (Phi) is 4.30. The lowest BCUT2D eigenvalue weighted by Crippen LogP contribution is -2.65. The van der Waals surface area contributed by atoms with Gasteiger partial charge in [-0.25, -0.2) is 12.7 Å². The van der Waals surface area contributed by atoms with Crippen LogP contribution in [0.4, 0.5) is 0 Å². The molecule has 0 aliphatic carbocycles. The molecule has 2 saturated heterocycles. The molecule has 120 valence electrons. The van der Waals surface area contributed by atoms with Crippen molar-refractivity contribution in [3.63, 3.8) is 0 Å². The predicted molar refractivity (Wildman–Crippen MR) is 80.4 cm³/mol. The first-order chi connectivity index (χ1) is 9.69. The normalized spacial score (nSPS) is 32.1. The average Bonchev–Trinajstić information content (AvgIpc) is 2.45. The number of sulfonamides is 1. The molecule has 2 N–H and O–H groups in total. The third kappa shape index (κ3) is 3.06. The number of carbonyl (C=O) groups excluding carboxylic acids is 1. The van der Waals surface area contributed by atoms with Crippen LogP contribution in [0, 0.1) is 11.3 Å². The molecule has 0 radical (unpaired) electrons. The zero-order chi connectivity index (χ0) is 15.8. The van der Waals surface area contributed by atoms with Crippen molar-refractivity contribution in [2.45, 2.75) is 38.6 Å². The fourth-order valence-corrected chi connectivity index (χ4v) is 4.28. The van der Waals surface area contributed by atoms with Crippen molar-refractivity contribution in [1.29, 1.82) is 5.41 Å². The van der Waals surface area contributed by atoms with Crippen molar-refractivity contribution in [2.24, 2.45) is 5.92 Å². The van der Waals surface area contributed by atoms with Crippen LogP contribution in [-0.4, -0.2) is 60.9 Å². The third-order valence-electron chi connectivity index (χ3n) is 4.68. The van der Waals surface area contributed by atoms with E-state index >= 15 is 0 Å². The summed E-state index contributed by atoms with van der Waals surface area (Å²) in [4.78, 5) is 13.3. The highest BCUT2D eigenvalue weighted by molar-refractivity contribution is 7.89. The maximum Gasteiger partial charge on any atom is 0.231 e. The van der Waals surface area contributed by atoms with E-state index in [9.17, 15) is 13.2 Å². The smallest absolute Gasteiger partial charge is 0.231 e. The average molecular weight is 316 g/mol. The molecule has 0 saturated carbocycles. The monoisotopic (exact) mass is 316 g/mol. The van der Waals surface area contributed by atoms with E-state index in [0.29, 0.717) is 13.1 Å². The van der Waals surface area contributed by atoms with Crippen LogP contribution in [0.2, 0.25) is 0 Å². The molecular weight excluding hydrogens is 292 g/mol. The van der Waals surface area contributed by atoms with E-state index in [2.05, 4.69) is 5.32 Å². The Morgan fingerprint density at radius 3 is 2.71 bits per heavy atom. The molecule has 21 heavy (non-hydrogen) atoms. The lowest BCUT2D eigenvalue weighted by atomic mass is 9.77. The standard InChI is InChI=1S/C13H24N4O3S/c1-4-21(19,20)17-7-5-6-10(9-17)13(2)8-11(18)16(3)12(14)15-13/h10H,4-9H2,1-3H3,(H2,14,15)/t10?,13-/m0/s1. The van der Waals surface area contributed by atoms with Gasteiger partial charge in [-0.2, -0.15) is 0 Å². The molecule has 2 fully saturated rings. The van der Waals surface area contributed by atoms with Crippen molar-refractivity contribution >= 4 is 21.9 Å². The maximum absolute atomic E-state index is 12.1. The van der Waals surface area contributed by atoms with E-state index in [4.69, 9.17) is 5.41 Å². The quantitative estimate of drug-likeness (QED) is 0.777. The summed E-state index contributed by atoms with van der Waals surface area (Å²) in [6.45, 7) is 4.53. The number of carbonyl (C=O) groups is 1. The summed E-state index contributed by atoms with van der Waals surface area (Å²) in [6, 6.07) is 0. The second-order valence-corrected chi connectivity index (χ2v) is 8.38. The summed E-state index contributed by atoms with van der Waals surface area (Å²) < 4.78 is 25.6. The highest BCUT2D eigenvalue weighted by atomic mass is 32.2. The zero-order valence-electron chi connectivity index (χ0n) is 12.8. The molecule has 2 heterocycles. The number of piperidine rings is 1. The van der Waals surface area contributed by atoms with Crippen molar-refractivity contribution in [3.8, 4) is 0 Å². The summed E-state index contributed by atoms with van der Waals surface area (Å²) in [5.41, 5.74) is -0.553. The minimum atomic E-state index is -3.20. The van der Waals surface area contributed by atoms with E-state index in [1.165, 1.54) is 9.21 Å². The van der Waals surface area contributed by atoms with Crippen molar-refractivity contribution in [3.05, 3.63) is 0 Å². The molecule has 8 heteroatoms. The third-order valence-corrected chi connectivity index (χ3v) is 6.52. The molecule has 0 aromatic heterocycles. The second-order valence-electron chi connectivity index (χ2n) is 6.12. The van der Waals surface area contributed by atoms with Crippen LogP contribution in [0.1, 0.15) is 33.1 Å². The molecule has 1 unspecified atom stereocenters. The molecule has 1 amide bonds. The first-order valence-electron chi connectivity index (χ1n) is 7.30. The summed E-state index contributed by atoms with van der Waals surface area (Å²) >= 11 is 0. The largest absolute Gasteiger partial charge is 0.350 e. The van der Waals surface area contributed by atoms with Gasteiger partial charge in [0.05, 0.1) is 17.7 Å². The number of guanidine groups is 1. The summed E-state index contributed by atoms with van der Waals surface area (Å²) in [5.74, 6) is 0.118. The number of hydrogen-bond donors (Lipinski definition) is 2. The molecule has 0 aromatic carbocycles. The fourth-order valence-electron chi connectivity index (χ4n) is 3.10. The van der Waals surface area contributed by atoms with Crippen LogP contribution >= 0.6 is 0 Å². The Hall–Kier alpha value is -1.15. The Balaban J connectivity index is 2.17. The molecule has 2 atom stereocenters. The van der Waals surface area contributed by atoms with E-state index in [-0.39, 0.29) is 30.0 Å². The highest BCUT2D eigenvalue weighted by Gasteiger charge is 2.44. The minimum absolute atomic E-state index is 0.0329. The first kappa shape index (κ1) is 16.2. The summed E-state index contributed by atoms with van der Waals surface area (Å²) in [6.07, 6.45) is 1.94. The van der Waals surface area contributed by atoms with Crippen LogP contribution < -0.4 is 5.32 Å². The van der Waals surface area contributed by atoms with Gasteiger partial charge in [0.1, 0.15) is 0 Å². The van der Waals surface area contributed by atoms with Gasteiger partial charge < -0.3 is 5.32 Å². The minimum Gasteiger partial charge on any atom is -0.350 e. The lowest BCUT2D eigenvalue weighted by Gasteiger charge is -2.47. The zero-order valence-corrected chi connectivity index (χ0v) is 13.7. The van der Waals surface area contributed by atoms with E-state index in [0.717, 1.165) is 12.8 Å². The van der Waals surface area contributed by atoms with Gasteiger partial charge in [-0.3, -0.25) is 15.1 Å². The Morgan fingerprint density at radius 1 is 1.48 bits per heavy atom. The number of nitrogens with zero attached hydrogens (tertiary/aromatic N) is 2. The molecular formula is C13H24N4O3S. The second kappa shape index (κ2) is 5.57. The van der Waals surface area contributed by atoms with Crippen LogP contribution in [0.3, 0.4) is 0 Å². The summed E-state index contributed by atoms with van der Waals surface area (Å²) in [7, 11) is -1.63. The number of hydrogen-bond acceptors (Lipinski definition) is 4. The fraction of sp³-hybridized carbons (Fsp3) is 0.846. The van der Waals surface area contributed by atoms with Crippen molar-refractivity contribution in [1.82, 2.24) is 14.5 Å². The van der Waals surface area contributed by atoms with Gasteiger partial charge in [-0.15, -0.1) is 0 Å². The van der Waals surface area contributed by atoms with E-state index < -0.39 is 15.6 Å². The van der Waals surface area contributed by atoms with Gasteiger partial charge in [0.2, 0.25) is 15.9 Å². The lowest BCUT2D eigenvalue weighted by molar-refractivity contribution is -0.130. The number of nitrogens with one attached hydrogen (secondary N) is 2. The topological polar surface area (TPSA) is 93.6 Å². The Bertz CT molecular complexity index is 528. The van der Waals surface area contributed by atoms with Crippen LogP contribution in [0.25, 0.3) is 0 Å². The van der Waals surface area contributed by atoms with E-state index in [1.807, 2.05) is 6.92 Å². The van der Waals surface area contributed by atoms with Crippen LogP contribution in [0.5, 0.6) is 0 Å². The van der Waals surface area contributed by atoms with Crippen LogP contribution in [0.15, 0.2) is 0 Å². The molecule has 0 spiro atoms. The van der Waals surface area contributed by atoms with Gasteiger partial charge >= 0.3 is 0 Å². The molecule has 2 rings (SSSR count). The molecule has 0 bridgehead atoms. The van der Waals surface area contributed by atoms with E-state index in [1.54, 1.807) is 14.0 Å². The number of amides is 1. The number of rotatable bonds is 3. The van der Waals surface area contributed by atoms with Crippen molar-refractivity contribution in [2.75, 3.05) is 25.9 Å². The van der Waals surface area contributed by atoms with Crippen LogP contribution in [-0.2, 0) is 14.8 Å². The first-order valence-corrected chi connectivity index (χ1v) is 8.91. The molecule has 0 aromatic rings. The predicted octanol–water partition coefficient (Wildman–Crippen LogP) is 0.193.